The number of hydrogen-bond donors (Lipinski definition) is 3. The minimum absolute atomic E-state index is 0.151. The zero-order chi connectivity index (χ0) is 25.7. The van der Waals surface area contributed by atoms with Crippen LogP contribution in [0.2, 0.25) is 0 Å². The van der Waals surface area contributed by atoms with E-state index in [1.54, 1.807) is 0 Å². The molecule has 190 valence electrons. The number of aryl methyl sites for hydroxylation is 3. The van der Waals surface area contributed by atoms with Crippen LogP contribution < -0.4 is 16.2 Å². The van der Waals surface area contributed by atoms with Crippen LogP contribution in [0.3, 0.4) is 0 Å². The molecule has 2 aromatic rings. The van der Waals surface area contributed by atoms with Crippen molar-refractivity contribution in [2.75, 3.05) is 11.9 Å². The van der Waals surface area contributed by atoms with Crippen molar-refractivity contribution >= 4 is 11.6 Å². The van der Waals surface area contributed by atoms with Crippen molar-refractivity contribution in [2.45, 2.75) is 100 Å². The van der Waals surface area contributed by atoms with Crippen LogP contribution in [0.25, 0.3) is 0 Å². The highest BCUT2D eigenvalue weighted by Crippen LogP contribution is 2.22. The largest absolute Gasteiger partial charge is 0.385 e. The van der Waals surface area contributed by atoms with E-state index >= 15 is 0 Å². The highest BCUT2D eigenvalue weighted by atomic mass is 16.1. The summed E-state index contributed by atoms with van der Waals surface area (Å²) in [5.41, 5.74) is 5.66. The number of pyridine rings is 1. The van der Waals surface area contributed by atoms with Gasteiger partial charge in [-0.25, -0.2) is 0 Å². The second-order valence-corrected chi connectivity index (χ2v) is 9.59. The third-order valence-corrected chi connectivity index (χ3v) is 5.98. The van der Waals surface area contributed by atoms with Gasteiger partial charge < -0.3 is 15.6 Å². The van der Waals surface area contributed by atoms with E-state index in [4.69, 9.17) is 0 Å². The van der Waals surface area contributed by atoms with Gasteiger partial charge in [0.15, 0.2) is 0 Å². The molecule has 3 N–H and O–H groups in total. The van der Waals surface area contributed by atoms with Crippen LogP contribution in [0.4, 0.5) is 5.69 Å². The van der Waals surface area contributed by atoms with Gasteiger partial charge in [-0.1, -0.05) is 59.3 Å². The zero-order valence-corrected chi connectivity index (χ0v) is 22.8. The number of amides is 1. The highest BCUT2D eigenvalue weighted by molar-refractivity contribution is 5.97. The lowest BCUT2D eigenvalue weighted by Gasteiger charge is -2.15. The van der Waals surface area contributed by atoms with Gasteiger partial charge in [0.2, 0.25) is 0 Å². The van der Waals surface area contributed by atoms with Crippen molar-refractivity contribution < 1.29 is 4.79 Å². The smallest absolute Gasteiger partial charge is 0.253 e. The van der Waals surface area contributed by atoms with Crippen LogP contribution in [-0.4, -0.2) is 17.4 Å². The number of aromatic nitrogens is 1. The summed E-state index contributed by atoms with van der Waals surface area (Å²) in [5, 5.41) is 6.14. The highest BCUT2D eigenvalue weighted by Gasteiger charge is 2.14. The lowest BCUT2D eigenvalue weighted by molar-refractivity contribution is 0.0950. The van der Waals surface area contributed by atoms with Gasteiger partial charge in [-0.05, 0) is 75.4 Å². The Kier molecular flexibility index (Phi) is 13.3. The predicted octanol–water partition coefficient (Wildman–Crippen LogP) is 6.97. The van der Waals surface area contributed by atoms with E-state index < -0.39 is 0 Å². The first-order chi connectivity index (χ1) is 16.1. The lowest BCUT2D eigenvalue weighted by atomic mass is 9.91. The number of carbonyl (C=O) groups is 1. The summed E-state index contributed by atoms with van der Waals surface area (Å²) in [6.45, 7) is 17.3. The maximum absolute atomic E-state index is 12.6. The average Bonchev–Trinajstić information content (AvgIpc) is 2.77. The van der Waals surface area contributed by atoms with Crippen LogP contribution in [-0.2, 0) is 6.54 Å². The number of carbonyl (C=O) groups excluding carboxylic acids is 1. The number of aromatic amines is 1. The Morgan fingerprint density at radius 2 is 1.62 bits per heavy atom. The lowest BCUT2D eigenvalue weighted by Crippen LogP contribution is -2.28. The van der Waals surface area contributed by atoms with Gasteiger partial charge in [0, 0.05) is 35.6 Å². The standard InChI is InChI=1S/C19H25N3O2.C7H14.C3H8/c1-6-20-17-8-11(2)7-15(14(17)5)18(23)21-10-16-12(3)9-13(4)22-19(16)24;1-7-5-3-2-4-6-7;1-3-2/h7-9,20H,6,10H2,1-5H3,(H,21,23)(H,22,24);7H,2-6H2,1H3;3H2,1-2H3. The van der Waals surface area contributed by atoms with Gasteiger partial charge in [-0.3, -0.25) is 9.59 Å². The Bertz CT molecular complexity index is 957. The van der Waals surface area contributed by atoms with Crippen molar-refractivity contribution in [3.63, 3.8) is 0 Å². The van der Waals surface area contributed by atoms with Crippen LogP contribution in [0.15, 0.2) is 23.0 Å². The van der Waals surface area contributed by atoms with E-state index in [2.05, 4.69) is 36.4 Å². The molecule has 0 saturated heterocycles. The molecule has 0 radical (unpaired) electrons. The summed E-state index contributed by atoms with van der Waals surface area (Å²) in [7, 11) is 0. The second kappa shape index (κ2) is 15.4. The number of H-pyrrole nitrogens is 1. The van der Waals surface area contributed by atoms with E-state index in [9.17, 15) is 9.59 Å². The molecule has 1 amide bonds. The number of nitrogens with one attached hydrogen (secondary N) is 3. The SMILES string of the molecule is CC1CCCCC1.CCC.CCNc1cc(C)cc(C(=O)NCc2c(C)cc(C)[nH]c2=O)c1C. The molecule has 1 heterocycles. The zero-order valence-electron chi connectivity index (χ0n) is 22.8. The minimum atomic E-state index is -0.172. The fourth-order valence-electron chi connectivity index (χ4n) is 4.14. The minimum Gasteiger partial charge on any atom is -0.385 e. The summed E-state index contributed by atoms with van der Waals surface area (Å²) in [6.07, 6.45) is 8.69. The summed E-state index contributed by atoms with van der Waals surface area (Å²) >= 11 is 0. The van der Waals surface area contributed by atoms with Crippen molar-refractivity contribution in [2.24, 2.45) is 5.92 Å². The molecule has 1 aliphatic rings. The molecular weight excluding hydrogens is 422 g/mol. The van der Waals surface area contributed by atoms with Gasteiger partial charge in [0.05, 0.1) is 0 Å². The maximum Gasteiger partial charge on any atom is 0.253 e. The Labute approximate surface area is 207 Å². The van der Waals surface area contributed by atoms with Crippen molar-refractivity contribution in [1.82, 2.24) is 10.3 Å². The van der Waals surface area contributed by atoms with Crippen LogP contribution in [0, 0.1) is 33.6 Å². The second-order valence-electron chi connectivity index (χ2n) is 9.59. The Morgan fingerprint density at radius 1 is 1.00 bits per heavy atom. The first-order valence-corrected chi connectivity index (χ1v) is 13.0. The monoisotopic (exact) mass is 469 g/mol. The van der Waals surface area contributed by atoms with E-state index in [1.807, 2.05) is 52.8 Å². The molecule has 0 aliphatic heterocycles. The fourth-order valence-corrected chi connectivity index (χ4v) is 4.14. The molecule has 1 saturated carbocycles. The molecule has 5 heteroatoms. The summed E-state index contributed by atoms with van der Waals surface area (Å²) in [6, 6.07) is 5.81. The van der Waals surface area contributed by atoms with Crippen molar-refractivity contribution in [3.05, 3.63) is 62.1 Å². The third kappa shape index (κ3) is 9.74. The quantitative estimate of drug-likeness (QED) is 0.442. The van der Waals surface area contributed by atoms with Crippen molar-refractivity contribution in [3.8, 4) is 0 Å². The van der Waals surface area contributed by atoms with Gasteiger partial charge in [-0.15, -0.1) is 0 Å². The summed E-state index contributed by atoms with van der Waals surface area (Å²) < 4.78 is 0. The molecule has 0 spiro atoms. The molecular formula is C29H47N3O2. The maximum atomic E-state index is 12.6. The molecule has 34 heavy (non-hydrogen) atoms. The number of rotatable bonds is 5. The normalized spacial score (nSPS) is 13.2. The van der Waals surface area contributed by atoms with Crippen molar-refractivity contribution in [1.29, 1.82) is 0 Å². The fraction of sp³-hybridized carbons (Fsp3) is 0.586. The van der Waals surface area contributed by atoms with Crippen LogP contribution in [0.5, 0.6) is 0 Å². The molecule has 0 unspecified atom stereocenters. The summed E-state index contributed by atoms with van der Waals surface area (Å²) in [4.78, 5) is 27.4. The van der Waals surface area contributed by atoms with E-state index in [-0.39, 0.29) is 18.0 Å². The van der Waals surface area contributed by atoms with Gasteiger partial charge >= 0.3 is 0 Å². The topological polar surface area (TPSA) is 74.0 Å². The first-order valence-electron chi connectivity index (χ1n) is 13.0. The third-order valence-electron chi connectivity index (χ3n) is 5.98. The first kappa shape index (κ1) is 29.5. The molecule has 5 nitrogen and oxygen atoms in total. The predicted molar refractivity (Wildman–Crippen MR) is 146 cm³/mol. The Balaban J connectivity index is 0.000000480. The Hall–Kier alpha value is -2.56. The summed E-state index contributed by atoms with van der Waals surface area (Å²) in [5.74, 6) is 0.864. The molecule has 1 aliphatic carbocycles. The molecule has 0 atom stereocenters. The van der Waals surface area contributed by atoms with Crippen LogP contribution in [0.1, 0.15) is 105 Å². The number of benzene rings is 1. The average molecular weight is 470 g/mol. The molecule has 1 fully saturated rings. The van der Waals surface area contributed by atoms with Gasteiger partial charge in [0.25, 0.3) is 11.5 Å². The van der Waals surface area contributed by atoms with E-state index in [0.29, 0.717) is 11.1 Å². The molecule has 1 aromatic carbocycles. The molecule has 3 rings (SSSR count). The number of anilines is 1. The van der Waals surface area contributed by atoms with Gasteiger partial charge in [-0.2, -0.15) is 0 Å². The van der Waals surface area contributed by atoms with Crippen LogP contribution >= 0.6 is 0 Å². The molecule has 1 aromatic heterocycles. The van der Waals surface area contributed by atoms with Gasteiger partial charge in [0.1, 0.15) is 0 Å². The molecule has 0 bridgehead atoms. The Morgan fingerprint density at radius 3 is 2.12 bits per heavy atom. The van der Waals surface area contributed by atoms with E-state index in [0.717, 1.165) is 40.5 Å². The number of hydrogen-bond acceptors (Lipinski definition) is 3. The van der Waals surface area contributed by atoms with E-state index in [1.165, 1.54) is 38.5 Å².